The molecule has 0 spiro atoms. The Morgan fingerprint density at radius 2 is 1.86 bits per heavy atom. The van der Waals surface area contributed by atoms with Gasteiger partial charge in [-0.2, -0.15) is 0 Å². The summed E-state index contributed by atoms with van der Waals surface area (Å²) in [6, 6.07) is -0.764. The molecule has 2 N–H and O–H groups in total. The zero-order chi connectivity index (χ0) is 10.3. The van der Waals surface area contributed by atoms with Crippen molar-refractivity contribution in [2.45, 2.75) is 32.2 Å². The molecule has 14 heavy (non-hydrogen) atoms. The van der Waals surface area contributed by atoms with Crippen LogP contribution in [0.15, 0.2) is 0 Å². The summed E-state index contributed by atoms with van der Waals surface area (Å²) < 4.78 is 0. The van der Waals surface area contributed by atoms with E-state index in [1.807, 2.05) is 0 Å². The predicted molar refractivity (Wildman–Crippen MR) is 49.6 cm³/mol. The van der Waals surface area contributed by atoms with Crippen LogP contribution in [0.2, 0.25) is 0 Å². The molecule has 0 radical (unpaired) electrons. The van der Waals surface area contributed by atoms with Gasteiger partial charge in [0.05, 0.1) is 0 Å². The van der Waals surface area contributed by atoms with Crippen LogP contribution < -0.4 is 5.32 Å². The first-order chi connectivity index (χ1) is 6.58. The van der Waals surface area contributed by atoms with E-state index >= 15 is 0 Å². The van der Waals surface area contributed by atoms with Gasteiger partial charge in [0.25, 0.3) is 0 Å². The normalized spacial score (nSPS) is 35.9. The Kier molecular flexibility index (Phi) is 2.21. The molecule has 2 aliphatic rings. The van der Waals surface area contributed by atoms with Crippen LogP contribution in [0.3, 0.4) is 0 Å². The van der Waals surface area contributed by atoms with Crippen molar-refractivity contribution in [2.24, 2.45) is 17.8 Å². The van der Waals surface area contributed by atoms with Crippen LogP contribution in [-0.2, 0) is 9.59 Å². The lowest BCUT2D eigenvalue weighted by molar-refractivity contribution is -0.141. The van der Waals surface area contributed by atoms with E-state index in [-0.39, 0.29) is 11.8 Å². The molecule has 0 bridgehead atoms. The van der Waals surface area contributed by atoms with Crippen LogP contribution in [0.1, 0.15) is 26.2 Å². The largest absolute Gasteiger partial charge is 0.480 e. The Balaban J connectivity index is 1.81. The number of fused-ring (bicyclic) bond motifs is 1. The van der Waals surface area contributed by atoms with Gasteiger partial charge in [-0.3, -0.25) is 9.59 Å². The quantitative estimate of drug-likeness (QED) is 0.697. The van der Waals surface area contributed by atoms with Crippen LogP contribution in [0.5, 0.6) is 0 Å². The molecule has 0 aromatic heterocycles. The van der Waals surface area contributed by atoms with Crippen molar-refractivity contribution in [1.29, 1.82) is 0 Å². The molecule has 2 rings (SSSR count). The molecule has 3 atom stereocenters. The lowest BCUT2D eigenvalue weighted by Crippen LogP contribution is -2.41. The summed E-state index contributed by atoms with van der Waals surface area (Å²) in [5.41, 5.74) is 0. The first kappa shape index (κ1) is 9.49. The number of nitrogens with one attached hydrogen (secondary N) is 1. The highest BCUT2D eigenvalue weighted by molar-refractivity contribution is 5.85. The van der Waals surface area contributed by atoms with Crippen LogP contribution in [0, 0.1) is 17.8 Å². The van der Waals surface area contributed by atoms with Gasteiger partial charge in [-0.15, -0.1) is 0 Å². The predicted octanol–water partition coefficient (Wildman–Crippen LogP) is 0.622. The summed E-state index contributed by atoms with van der Waals surface area (Å²) in [7, 11) is 0. The number of aliphatic carboxylic acids is 1. The molecule has 2 aliphatic carbocycles. The van der Waals surface area contributed by atoms with Crippen LogP contribution in [-0.4, -0.2) is 23.0 Å². The second-order valence-corrected chi connectivity index (χ2v) is 4.49. The van der Waals surface area contributed by atoms with Crippen molar-refractivity contribution < 1.29 is 14.7 Å². The monoisotopic (exact) mass is 197 g/mol. The molecule has 1 amide bonds. The third-order valence-electron chi connectivity index (χ3n) is 3.34. The molecule has 4 heteroatoms. The fraction of sp³-hybridized carbons (Fsp3) is 0.800. The van der Waals surface area contributed by atoms with Crippen molar-refractivity contribution in [3.05, 3.63) is 0 Å². The topological polar surface area (TPSA) is 66.4 Å². The van der Waals surface area contributed by atoms with Gasteiger partial charge in [0, 0.05) is 5.92 Å². The fourth-order valence-corrected chi connectivity index (χ4v) is 2.32. The Morgan fingerprint density at radius 1 is 1.29 bits per heavy atom. The maximum absolute atomic E-state index is 11.6. The molecule has 2 saturated carbocycles. The fourth-order valence-electron chi connectivity index (χ4n) is 2.32. The summed E-state index contributed by atoms with van der Waals surface area (Å²) in [4.78, 5) is 22.1. The molecule has 78 valence electrons. The van der Waals surface area contributed by atoms with Crippen molar-refractivity contribution in [1.82, 2.24) is 5.32 Å². The first-order valence-electron chi connectivity index (χ1n) is 5.11. The van der Waals surface area contributed by atoms with Crippen molar-refractivity contribution in [3.63, 3.8) is 0 Å². The zero-order valence-electron chi connectivity index (χ0n) is 8.19. The van der Waals surface area contributed by atoms with E-state index in [1.165, 1.54) is 13.3 Å². The maximum atomic E-state index is 11.6. The van der Waals surface area contributed by atoms with Gasteiger partial charge >= 0.3 is 5.97 Å². The summed E-state index contributed by atoms with van der Waals surface area (Å²) in [5.74, 6) is 0.533. The van der Waals surface area contributed by atoms with Gasteiger partial charge in [0.1, 0.15) is 6.04 Å². The number of rotatable bonds is 3. The minimum atomic E-state index is -0.971. The van der Waals surface area contributed by atoms with E-state index in [0.29, 0.717) is 0 Å². The summed E-state index contributed by atoms with van der Waals surface area (Å²) >= 11 is 0. The average molecular weight is 197 g/mol. The summed E-state index contributed by atoms with van der Waals surface area (Å²) in [5, 5.41) is 11.1. The zero-order valence-corrected chi connectivity index (χ0v) is 8.19. The lowest BCUT2D eigenvalue weighted by Gasteiger charge is -2.14. The molecule has 2 fully saturated rings. The number of carboxylic acid groups (broad SMARTS) is 1. The second kappa shape index (κ2) is 3.26. The molecule has 0 aromatic carbocycles. The molecular weight excluding hydrogens is 182 g/mol. The van der Waals surface area contributed by atoms with Gasteiger partial charge in [-0.1, -0.05) is 0 Å². The highest BCUT2D eigenvalue weighted by atomic mass is 16.4. The SMILES string of the molecule is C[C@@H](NC(=O)C1CC2CC2C1)C(=O)O. The lowest BCUT2D eigenvalue weighted by atomic mass is 10.0. The highest BCUT2D eigenvalue weighted by Gasteiger charge is 2.48. The van der Waals surface area contributed by atoms with Crippen LogP contribution >= 0.6 is 0 Å². The van der Waals surface area contributed by atoms with E-state index in [4.69, 9.17) is 5.11 Å². The minimum Gasteiger partial charge on any atom is -0.480 e. The van der Waals surface area contributed by atoms with E-state index in [2.05, 4.69) is 5.32 Å². The van der Waals surface area contributed by atoms with E-state index in [0.717, 1.165) is 24.7 Å². The minimum absolute atomic E-state index is 0.0700. The molecular formula is C10H15NO3. The summed E-state index contributed by atoms with van der Waals surface area (Å²) in [6.45, 7) is 1.50. The number of carboxylic acids is 1. The molecule has 0 aromatic rings. The molecule has 2 unspecified atom stereocenters. The molecule has 4 nitrogen and oxygen atoms in total. The van der Waals surface area contributed by atoms with Crippen LogP contribution in [0.25, 0.3) is 0 Å². The van der Waals surface area contributed by atoms with E-state index < -0.39 is 12.0 Å². The Hall–Kier alpha value is -1.06. The van der Waals surface area contributed by atoms with Crippen molar-refractivity contribution in [3.8, 4) is 0 Å². The number of carbonyl (C=O) groups is 2. The molecule has 0 heterocycles. The standard InChI is InChI=1S/C10H15NO3/c1-5(10(13)14)11-9(12)8-3-6-2-7(6)4-8/h5-8H,2-4H2,1H3,(H,11,12)(H,13,14)/t5-,6?,7?,8?/m1/s1. The Labute approximate surface area is 82.7 Å². The number of carbonyl (C=O) groups excluding carboxylic acids is 1. The van der Waals surface area contributed by atoms with Crippen LogP contribution in [0.4, 0.5) is 0 Å². The smallest absolute Gasteiger partial charge is 0.325 e. The Bertz CT molecular complexity index is 267. The maximum Gasteiger partial charge on any atom is 0.325 e. The van der Waals surface area contributed by atoms with Crippen molar-refractivity contribution >= 4 is 11.9 Å². The van der Waals surface area contributed by atoms with E-state index in [9.17, 15) is 9.59 Å². The number of hydrogen-bond acceptors (Lipinski definition) is 2. The van der Waals surface area contributed by atoms with E-state index in [1.54, 1.807) is 0 Å². The highest BCUT2D eigenvalue weighted by Crippen LogP contribution is 2.54. The van der Waals surface area contributed by atoms with Gasteiger partial charge in [-0.25, -0.2) is 0 Å². The van der Waals surface area contributed by atoms with Crippen molar-refractivity contribution in [2.75, 3.05) is 0 Å². The summed E-state index contributed by atoms with van der Waals surface area (Å²) in [6.07, 6.45) is 3.20. The van der Waals surface area contributed by atoms with Gasteiger partial charge in [0.2, 0.25) is 5.91 Å². The number of hydrogen-bond donors (Lipinski definition) is 2. The second-order valence-electron chi connectivity index (χ2n) is 4.49. The molecule has 0 aliphatic heterocycles. The van der Waals surface area contributed by atoms with Gasteiger partial charge in [0.15, 0.2) is 0 Å². The van der Waals surface area contributed by atoms with Gasteiger partial charge in [-0.05, 0) is 38.0 Å². The number of amides is 1. The third kappa shape index (κ3) is 1.74. The Morgan fingerprint density at radius 3 is 2.36 bits per heavy atom. The average Bonchev–Trinajstić information content (AvgIpc) is 2.73. The molecule has 0 saturated heterocycles. The first-order valence-corrected chi connectivity index (χ1v) is 5.11. The third-order valence-corrected chi connectivity index (χ3v) is 3.34. The van der Waals surface area contributed by atoms with Gasteiger partial charge < -0.3 is 10.4 Å².